The van der Waals surface area contributed by atoms with Crippen LogP contribution in [0.2, 0.25) is 0 Å². The molecule has 1 aliphatic heterocycles. The van der Waals surface area contributed by atoms with Crippen LogP contribution in [0.25, 0.3) is 0 Å². The second kappa shape index (κ2) is 6.78. The number of hydrogen-bond acceptors (Lipinski definition) is 8. The van der Waals surface area contributed by atoms with E-state index < -0.39 is 11.9 Å². The fraction of sp³-hybridized carbons (Fsp3) is 0.600. The van der Waals surface area contributed by atoms with Crippen molar-refractivity contribution in [3.8, 4) is 0 Å². The van der Waals surface area contributed by atoms with E-state index in [0.717, 1.165) is 0 Å². The number of aliphatic hydroxyl groups excluding tert-OH is 1. The first-order valence-corrected chi connectivity index (χ1v) is 7.91. The van der Waals surface area contributed by atoms with Gasteiger partial charge in [-0.1, -0.05) is 6.92 Å². The first-order valence-electron chi connectivity index (χ1n) is 7.91. The Balaban J connectivity index is 1.72. The lowest BCUT2D eigenvalue weighted by Crippen LogP contribution is -2.40. The smallest absolute Gasteiger partial charge is 0.230 e. The van der Waals surface area contributed by atoms with Crippen LogP contribution in [0.4, 0.5) is 10.2 Å². The average Bonchev–Trinajstić information content (AvgIpc) is 3.13. The van der Waals surface area contributed by atoms with Gasteiger partial charge in [0.15, 0.2) is 11.6 Å². The van der Waals surface area contributed by atoms with Crippen molar-refractivity contribution in [2.45, 2.75) is 39.0 Å². The number of halogens is 1. The molecule has 0 aromatic carbocycles. The third kappa shape index (κ3) is 3.22. The Bertz CT molecular complexity index is 709. The predicted molar refractivity (Wildman–Crippen MR) is 83.9 cm³/mol. The van der Waals surface area contributed by atoms with Crippen LogP contribution < -0.4 is 4.90 Å². The first kappa shape index (κ1) is 16.7. The van der Waals surface area contributed by atoms with Crippen molar-refractivity contribution in [2.24, 2.45) is 0 Å². The van der Waals surface area contributed by atoms with Crippen molar-refractivity contribution in [2.75, 3.05) is 25.0 Å². The Labute approximate surface area is 139 Å². The van der Waals surface area contributed by atoms with Gasteiger partial charge in [0.2, 0.25) is 11.8 Å². The van der Waals surface area contributed by atoms with Gasteiger partial charge in [0.1, 0.15) is 6.33 Å². The van der Waals surface area contributed by atoms with E-state index in [-0.39, 0.29) is 11.9 Å². The molecule has 2 aromatic heterocycles. The summed E-state index contributed by atoms with van der Waals surface area (Å²) in [6.07, 6.45) is 1.23. The minimum absolute atomic E-state index is 0.184. The molecule has 1 N–H and O–H groups in total. The van der Waals surface area contributed by atoms with Crippen LogP contribution in [0, 0.1) is 12.7 Å². The minimum Gasteiger partial charge on any atom is -0.424 e. The van der Waals surface area contributed by atoms with Gasteiger partial charge in [0.05, 0.1) is 24.4 Å². The van der Waals surface area contributed by atoms with Gasteiger partial charge < -0.3 is 14.4 Å². The monoisotopic (exact) mass is 336 g/mol. The van der Waals surface area contributed by atoms with E-state index in [4.69, 9.17) is 4.42 Å². The van der Waals surface area contributed by atoms with Crippen molar-refractivity contribution in [3.63, 3.8) is 0 Å². The molecule has 0 aliphatic carbocycles. The van der Waals surface area contributed by atoms with Crippen LogP contribution in [-0.2, 0) is 13.0 Å². The molecule has 24 heavy (non-hydrogen) atoms. The lowest BCUT2D eigenvalue weighted by molar-refractivity contribution is 0.0903. The highest BCUT2D eigenvalue weighted by Crippen LogP contribution is 2.25. The van der Waals surface area contributed by atoms with E-state index in [1.807, 2.05) is 18.9 Å². The summed E-state index contributed by atoms with van der Waals surface area (Å²) < 4.78 is 19.8. The third-order valence-electron chi connectivity index (χ3n) is 4.26. The molecular weight excluding hydrogens is 315 g/mol. The van der Waals surface area contributed by atoms with Gasteiger partial charge in [-0.3, -0.25) is 4.90 Å². The van der Waals surface area contributed by atoms with Crippen molar-refractivity contribution in [1.29, 1.82) is 0 Å². The fourth-order valence-electron chi connectivity index (χ4n) is 2.97. The summed E-state index contributed by atoms with van der Waals surface area (Å²) in [5, 5.41) is 18.1. The van der Waals surface area contributed by atoms with Crippen LogP contribution in [0.3, 0.4) is 0 Å². The minimum atomic E-state index is -0.626. The molecule has 1 fully saturated rings. The Kier molecular flexibility index (Phi) is 4.72. The Hall–Kier alpha value is -2.13. The number of rotatable bonds is 5. The molecule has 1 aliphatic rings. The summed E-state index contributed by atoms with van der Waals surface area (Å²) in [7, 11) is 1.87. The maximum Gasteiger partial charge on any atom is 0.230 e. The van der Waals surface area contributed by atoms with Crippen LogP contribution in [0.1, 0.15) is 24.4 Å². The summed E-state index contributed by atoms with van der Waals surface area (Å²) in [6.45, 7) is 4.77. The number of likely N-dealkylation sites (N-methyl/N-ethyl adjacent to an activating group) is 1. The van der Waals surface area contributed by atoms with E-state index >= 15 is 0 Å². The zero-order valence-electron chi connectivity index (χ0n) is 14.0. The van der Waals surface area contributed by atoms with Gasteiger partial charge in [0.25, 0.3) is 0 Å². The molecule has 0 spiro atoms. The van der Waals surface area contributed by atoms with Crippen LogP contribution in [0.15, 0.2) is 10.7 Å². The predicted octanol–water partition coefficient (Wildman–Crippen LogP) is 0.551. The topological polar surface area (TPSA) is 91.4 Å². The average molecular weight is 336 g/mol. The summed E-state index contributed by atoms with van der Waals surface area (Å²) >= 11 is 0. The molecular formula is C15H21FN6O2. The van der Waals surface area contributed by atoms with Crippen molar-refractivity contribution in [3.05, 3.63) is 29.6 Å². The van der Waals surface area contributed by atoms with Gasteiger partial charge in [-0.25, -0.2) is 14.4 Å². The Morgan fingerprint density at radius 2 is 2.17 bits per heavy atom. The molecule has 0 amide bonds. The highest BCUT2D eigenvalue weighted by molar-refractivity contribution is 5.43. The van der Waals surface area contributed by atoms with Gasteiger partial charge in [-0.2, -0.15) is 0 Å². The lowest BCUT2D eigenvalue weighted by Gasteiger charge is -2.25. The van der Waals surface area contributed by atoms with E-state index in [1.54, 1.807) is 11.8 Å². The van der Waals surface area contributed by atoms with Crippen LogP contribution in [-0.4, -0.2) is 62.5 Å². The molecule has 3 rings (SSSR count). The molecule has 0 unspecified atom stereocenters. The summed E-state index contributed by atoms with van der Waals surface area (Å²) in [5.74, 6) is 0.817. The number of anilines is 1. The molecule has 3 heterocycles. The molecule has 8 nitrogen and oxygen atoms in total. The largest absolute Gasteiger partial charge is 0.424 e. The number of aliphatic hydroxyl groups is 1. The first-order chi connectivity index (χ1) is 11.5. The summed E-state index contributed by atoms with van der Waals surface area (Å²) in [5.41, 5.74) is 0.382. The van der Waals surface area contributed by atoms with E-state index in [9.17, 15) is 9.50 Å². The second-order valence-corrected chi connectivity index (χ2v) is 5.98. The van der Waals surface area contributed by atoms with Crippen molar-refractivity contribution < 1.29 is 13.9 Å². The molecule has 130 valence electrons. The van der Waals surface area contributed by atoms with Crippen LogP contribution in [0.5, 0.6) is 0 Å². The SMILES string of the molecule is CCc1ncnc(N2C[C@@H](O)[C@H](N(C)Cc3nnc(C)o3)C2)c1F. The lowest BCUT2D eigenvalue weighted by atomic mass is 10.2. The number of hydrogen-bond donors (Lipinski definition) is 1. The number of aromatic nitrogens is 4. The fourth-order valence-corrected chi connectivity index (χ4v) is 2.97. The Morgan fingerprint density at radius 1 is 1.38 bits per heavy atom. The second-order valence-electron chi connectivity index (χ2n) is 5.98. The highest BCUT2D eigenvalue weighted by atomic mass is 19.1. The number of nitrogens with zero attached hydrogens (tertiary/aromatic N) is 6. The maximum absolute atomic E-state index is 14.4. The van der Waals surface area contributed by atoms with Gasteiger partial charge in [-0.15, -0.1) is 10.2 Å². The maximum atomic E-state index is 14.4. The molecule has 9 heteroatoms. The Morgan fingerprint density at radius 3 is 2.83 bits per heavy atom. The van der Waals surface area contributed by atoms with Crippen LogP contribution >= 0.6 is 0 Å². The van der Waals surface area contributed by atoms with Gasteiger partial charge in [0, 0.05) is 20.0 Å². The highest BCUT2D eigenvalue weighted by Gasteiger charge is 2.36. The summed E-state index contributed by atoms with van der Waals surface area (Å²) in [6, 6.07) is -0.184. The normalized spacial score (nSPS) is 21.0. The van der Waals surface area contributed by atoms with Crippen molar-refractivity contribution >= 4 is 5.82 Å². The van der Waals surface area contributed by atoms with E-state index in [1.165, 1.54) is 6.33 Å². The molecule has 2 aromatic rings. The van der Waals surface area contributed by atoms with E-state index in [2.05, 4.69) is 20.2 Å². The summed E-state index contributed by atoms with van der Waals surface area (Å²) in [4.78, 5) is 11.7. The molecule has 0 bridgehead atoms. The quantitative estimate of drug-likeness (QED) is 0.846. The number of aryl methyl sites for hydroxylation is 2. The zero-order valence-corrected chi connectivity index (χ0v) is 14.0. The molecule has 2 atom stereocenters. The third-order valence-corrected chi connectivity index (χ3v) is 4.26. The van der Waals surface area contributed by atoms with E-state index in [0.29, 0.717) is 43.5 Å². The van der Waals surface area contributed by atoms with Gasteiger partial charge >= 0.3 is 0 Å². The van der Waals surface area contributed by atoms with Crippen molar-refractivity contribution in [1.82, 2.24) is 25.1 Å². The molecule has 0 radical (unpaired) electrons. The number of β-amino-alcohol motifs (C(OH)–C–C–N with tert-alkyl or cyclic N) is 1. The molecule has 1 saturated heterocycles. The standard InChI is InChI=1S/C15H21FN6O2/c1-4-10-14(16)15(18-8-17-10)22-5-11(12(23)6-22)21(3)7-13-20-19-9(2)24-13/h8,11-12,23H,4-7H2,1-3H3/t11-,12-/m1/s1. The van der Waals surface area contributed by atoms with Gasteiger partial charge in [-0.05, 0) is 13.5 Å². The zero-order chi connectivity index (χ0) is 17.3. The molecule has 0 saturated carbocycles.